The van der Waals surface area contributed by atoms with E-state index in [4.69, 9.17) is 9.47 Å². The number of β-amino-alcohol motifs (C(OH)–C–C–N with tert-alkyl or cyclic N) is 1. The summed E-state index contributed by atoms with van der Waals surface area (Å²) in [6.07, 6.45) is 1.14. The van der Waals surface area contributed by atoms with E-state index in [0.717, 1.165) is 37.7 Å². The van der Waals surface area contributed by atoms with Crippen LogP contribution in [0.5, 0.6) is 11.5 Å². The van der Waals surface area contributed by atoms with E-state index in [2.05, 4.69) is 20.9 Å². The molecule has 0 bridgehead atoms. The van der Waals surface area contributed by atoms with E-state index < -0.39 is 6.10 Å². The van der Waals surface area contributed by atoms with Crippen molar-refractivity contribution in [1.29, 1.82) is 5.26 Å². The smallest absolute Gasteiger partial charge is 0.146 e. The Kier molecular flexibility index (Phi) is 6.47. The molecule has 1 saturated heterocycles. The molecule has 3 rings (SSSR count). The molecule has 1 aliphatic rings. The molecule has 1 N–H and O–H groups in total. The highest BCUT2D eigenvalue weighted by Gasteiger charge is 2.21. The van der Waals surface area contributed by atoms with E-state index in [0.29, 0.717) is 17.9 Å². The number of hydrogen-bond acceptors (Lipinski definition) is 7. The number of nitrogens with zero attached hydrogens (tertiary/aromatic N) is 4. The summed E-state index contributed by atoms with van der Waals surface area (Å²) in [5.74, 6) is 2.22. The Morgan fingerprint density at radius 2 is 1.85 bits per heavy atom. The second kappa shape index (κ2) is 9.21. The number of methoxy groups -OCH3 is 1. The van der Waals surface area contributed by atoms with Crippen LogP contribution < -0.4 is 14.4 Å². The summed E-state index contributed by atoms with van der Waals surface area (Å²) in [6.45, 7) is 3.96. The van der Waals surface area contributed by atoms with Gasteiger partial charge in [-0.2, -0.15) is 5.26 Å². The summed E-state index contributed by atoms with van der Waals surface area (Å²) >= 11 is 0. The Balaban J connectivity index is 1.43. The van der Waals surface area contributed by atoms with Crippen LogP contribution >= 0.6 is 0 Å². The van der Waals surface area contributed by atoms with E-state index in [9.17, 15) is 10.4 Å². The van der Waals surface area contributed by atoms with Gasteiger partial charge < -0.3 is 19.5 Å². The number of benzene rings is 1. The molecular formula is C20H24N4O3. The molecule has 0 unspecified atom stereocenters. The average molecular weight is 368 g/mol. The van der Waals surface area contributed by atoms with Crippen LogP contribution in [0.2, 0.25) is 0 Å². The number of aromatic nitrogens is 1. The van der Waals surface area contributed by atoms with Crippen LogP contribution in [0.3, 0.4) is 0 Å². The maximum Gasteiger partial charge on any atom is 0.146 e. The number of rotatable bonds is 7. The number of pyridine rings is 1. The zero-order valence-electron chi connectivity index (χ0n) is 15.4. The summed E-state index contributed by atoms with van der Waals surface area (Å²) in [5.41, 5.74) is 0.596. The van der Waals surface area contributed by atoms with Crippen LogP contribution in [-0.2, 0) is 0 Å². The van der Waals surface area contributed by atoms with Crippen LogP contribution in [0.15, 0.2) is 42.6 Å². The van der Waals surface area contributed by atoms with Gasteiger partial charge in [0.05, 0.1) is 12.7 Å². The molecule has 7 nitrogen and oxygen atoms in total. The van der Waals surface area contributed by atoms with Gasteiger partial charge in [0, 0.05) is 38.9 Å². The molecule has 1 aromatic heterocycles. The van der Waals surface area contributed by atoms with Crippen LogP contribution in [-0.4, -0.2) is 67.5 Å². The number of ether oxygens (including phenoxy) is 2. The van der Waals surface area contributed by atoms with Crippen molar-refractivity contribution in [3.05, 3.63) is 48.2 Å². The van der Waals surface area contributed by atoms with E-state index >= 15 is 0 Å². The Morgan fingerprint density at radius 3 is 2.52 bits per heavy atom. The molecule has 0 radical (unpaired) electrons. The van der Waals surface area contributed by atoms with Gasteiger partial charge in [-0.1, -0.05) is 0 Å². The molecule has 2 heterocycles. The summed E-state index contributed by atoms with van der Waals surface area (Å²) in [4.78, 5) is 8.66. The molecule has 1 aromatic carbocycles. The number of hydrogen-bond donors (Lipinski definition) is 1. The Hall–Kier alpha value is -2.82. The topological polar surface area (TPSA) is 81.8 Å². The van der Waals surface area contributed by atoms with Crippen molar-refractivity contribution < 1.29 is 14.6 Å². The SMILES string of the molecule is COc1ccc(OC[C@H](O)CN2CCN(c3ncccc3C#N)CC2)cc1. The van der Waals surface area contributed by atoms with Crippen LogP contribution in [0, 0.1) is 11.3 Å². The minimum absolute atomic E-state index is 0.241. The quantitative estimate of drug-likeness (QED) is 0.793. The predicted octanol–water partition coefficient (Wildman–Crippen LogP) is 1.52. The molecule has 0 spiro atoms. The van der Waals surface area contributed by atoms with Crippen molar-refractivity contribution in [2.45, 2.75) is 6.10 Å². The first kappa shape index (κ1) is 19.0. The summed E-state index contributed by atoms with van der Waals surface area (Å²) in [5, 5.41) is 19.5. The minimum atomic E-state index is -0.567. The fourth-order valence-corrected chi connectivity index (χ4v) is 3.09. The first-order chi connectivity index (χ1) is 13.2. The molecule has 7 heteroatoms. The van der Waals surface area contributed by atoms with E-state index in [1.54, 1.807) is 25.4 Å². The summed E-state index contributed by atoms with van der Waals surface area (Å²) in [7, 11) is 1.62. The Bertz CT molecular complexity index is 768. The minimum Gasteiger partial charge on any atom is -0.497 e. The number of anilines is 1. The van der Waals surface area contributed by atoms with Gasteiger partial charge in [0.1, 0.15) is 36.1 Å². The number of piperazine rings is 1. The largest absolute Gasteiger partial charge is 0.497 e. The van der Waals surface area contributed by atoms with Crippen molar-refractivity contribution >= 4 is 5.82 Å². The van der Waals surface area contributed by atoms with Gasteiger partial charge in [-0.15, -0.1) is 0 Å². The lowest BCUT2D eigenvalue weighted by Crippen LogP contribution is -2.49. The van der Waals surface area contributed by atoms with E-state index in [1.165, 1.54) is 0 Å². The van der Waals surface area contributed by atoms with Gasteiger partial charge >= 0.3 is 0 Å². The van der Waals surface area contributed by atoms with Crippen molar-refractivity contribution in [2.24, 2.45) is 0 Å². The lowest BCUT2D eigenvalue weighted by Gasteiger charge is -2.36. The second-order valence-electron chi connectivity index (χ2n) is 6.41. The zero-order valence-corrected chi connectivity index (χ0v) is 15.4. The third-order valence-electron chi connectivity index (χ3n) is 4.55. The van der Waals surface area contributed by atoms with Crippen LogP contribution in [0.1, 0.15) is 5.56 Å². The molecule has 0 amide bonds. The van der Waals surface area contributed by atoms with Crippen molar-refractivity contribution in [1.82, 2.24) is 9.88 Å². The molecular weight excluding hydrogens is 344 g/mol. The third-order valence-corrected chi connectivity index (χ3v) is 4.55. The zero-order chi connectivity index (χ0) is 19.1. The molecule has 0 aliphatic carbocycles. The molecule has 1 fully saturated rings. The fraction of sp³-hybridized carbons (Fsp3) is 0.400. The third kappa shape index (κ3) is 5.09. The van der Waals surface area contributed by atoms with Gasteiger partial charge in [0.2, 0.25) is 0 Å². The van der Waals surface area contributed by atoms with Crippen LogP contribution in [0.25, 0.3) is 0 Å². The van der Waals surface area contributed by atoms with Crippen molar-refractivity contribution in [2.75, 3.05) is 51.3 Å². The second-order valence-corrected chi connectivity index (χ2v) is 6.41. The Labute approximate surface area is 159 Å². The highest BCUT2D eigenvalue weighted by atomic mass is 16.5. The maximum atomic E-state index is 10.3. The van der Waals surface area contributed by atoms with Crippen molar-refractivity contribution in [3.8, 4) is 17.6 Å². The molecule has 0 saturated carbocycles. The van der Waals surface area contributed by atoms with Gasteiger partial charge in [0.15, 0.2) is 0 Å². The molecule has 1 atom stereocenters. The summed E-state index contributed by atoms with van der Waals surface area (Å²) < 4.78 is 10.8. The highest BCUT2D eigenvalue weighted by molar-refractivity contribution is 5.53. The number of aliphatic hydroxyl groups excluding tert-OH is 1. The first-order valence-electron chi connectivity index (χ1n) is 8.97. The highest BCUT2D eigenvalue weighted by Crippen LogP contribution is 2.19. The molecule has 142 valence electrons. The standard InChI is InChI=1S/C20H24N4O3/c1-26-18-4-6-19(7-5-18)27-15-17(25)14-23-9-11-24(12-10-23)20-16(13-21)3-2-8-22-20/h2-8,17,25H,9-12,14-15H2,1H3/t17-/m1/s1. The fourth-order valence-electron chi connectivity index (χ4n) is 3.09. The number of aliphatic hydroxyl groups is 1. The molecule has 2 aromatic rings. The predicted molar refractivity (Wildman–Crippen MR) is 102 cm³/mol. The average Bonchev–Trinajstić information content (AvgIpc) is 2.73. The maximum absolute atomic E-state index is 10.3. The van der Waals surface area contributed by atoms with Gasteiger partial charge in [-0.3, -0.25) is 4.90 Å². The van der Waals surface area contributed by atoms with Gasteiger partial charge in [-0.05, 0) is 36.4 Å². The molecule has 27 heavy (non-hydrogen) atoms. The van der Waals surface area contributed by atoms with Gasteiger partial charge in [-0.25, -0.2) is 4.98 Å². The lowest BCUT2D eigenvalue weighted by atomic mass is 10.2. The van der Waals surface area contributed by atoms with E-state index in [-0.39, 0.29) is 6.61 Å². The Morgan fingerprint density at radius 1 is 1.15 bits per heavy atom. The van der Waals surface area contributed by atoms with Crippen molar-refractivity contribution in [3.63, 3.8) is 0 Å². The van der Waals surface area contributed by atoms with Crippen LogP contribution in [0.4, 0.5) is 5.82 Å². The lowest BCUT2D eigenvalue weighted by molar-refractivity contribution is 0.0662. The summed E-state index contributed by atoms with van der Waals surface area (Å²) in [6, 6.07) is 13.1. The first-order valence-corrected chi connectivity index (χ1v) is 8.97. The molecule has 1 aliphatic heterocycles. The van der Waals surface area contributed by atoms with Gasteiger partial charge in [0.25, 0.3) is 0 Å². The van der Waals surface area contributed by atoms with E-state index in [1.807, 2.05) is 24.3 Å². The monoisotopic (exact) mass is 368 g/mol. The normalized spacial score (nSPS) is 15.8. The number of nitriles is 1.